The number of aliphatic hydroxyl groups excluding tert-OH is 1. The molecule has 0 aliphatic carbocycles. The zero-order valence-corrected chi connectivity index (χ0v) is 64.9. The second-order valence-corrected chi connectivity index (χ2v) is 29.2. The van der Waals surface area contributed by atoms with Gasteiger partial charge in [-0.05, 0) is 122 Å². The summed E-state index contributed by atoms with van der Waals surface area (Å²) < 4.78 is 68.5. The number of allylic oxidation sites excluding steroid dienone is 16. The molecule has 578 valence electrons. The minimum absolute atomic E-state index is 0.0673. The molecule has 0 bridgehead atoms. The summed E-state index contributed by atoms with van der Waals surface area (Å²) in [4.78, 5) is 72.9. The number of carbonyl (C=O) groups excluding carboxylic acids is 4. The molecule has 0 aliphatic heterocycles. The van der Waals surface area contributed by atoms with Crippen LogP contribution in [0.15, 0.2) is 97.2 Å². The van der Waals surface area contributed by atoms with Crippen LogP contribution in [0.1, 0.15) is 336 Å². The largest absolute Gasteiger partial charge is 0.472 e. The van der Waals surface area contributed by atoms with E-state index in [0.29, 0.717) is 32.1 Å². The summed E-state index contributed by atoms with van der Waals surface area (Å²) in [5, 5.41) is 10.6. The van der Waals surface area contributed by atoms with Crippen LogP contribution in [0.5, 0.6) is 0 Å². The highest BCUT2D eigenvalue weighted by molar-refractivity contribution is 7.47. The Balaban J connectivity index is 5.41. The van der Waals surface area contributed by atoms with E-state index in [1.807, 2.05) is 12.2 Å². The zero-order valence-electron chi connectivity index (χ0n) is 63.1. The fourth-order valence-electron chi connectivity index (χ4n) is 10.5. The molecule has 0 aromatic heterocycles. The maximum absolute atomic E-state index is 13.1. The second-order valence-electron chi connectivity index (χ2n) is 26.3. The molecule has 0 fully saturated rings. The lowest BCUT2D eigenvalue weighted by Gasteiger charge is -2.21. The van der Waals surface area contributed by atoms with Gasteiger partial charge in [-0.3, -0.25) is 37.3 Å². The molecule has 0 aromatic rings. The smallest absolute Gasteiger partial charge is 0.462 e. The van der Waals surface area contributed by atoms with Crippen LogP contribution in [-0.4, -0.2) is 96.7 Å². The Morgan fingerprint density at radius 3 is 0.880 bits per heavy atom. The van der Waals surface area contributed by atoms with E-state index in [1.165, 1.54) is 116 Å². The molecule has 100 heavy (non-hydrogen) atoms. The lowest BCUT2D eigenvalue weighted by Crippen LogP contribution is -2.30. The van der Waals surface area contributed by atoms with Crippen LogP contribution in [-0.2, 0) is 65.4 Å². The summed E-state index contributed by atoms with van der Waals surface area (Å²) >= 11 is 0. The lowest BCUT2D eigenvalue weighted by molar-refractivity contribution is -0.161. The topological polar surface area (TPSA) is 237 Å². The highest BCUT2D eigenvalue weighted by Gasteiger charge is 2.30. The molecular weight excluding hydrogens is 1310 g/mol. The van der Waals surface area contributed by atoms with Gasteiger partial charge in [-0.25, -0.2) is 9.13 Å². The number of phosphoric ester groups is 2. The number of carbonyl (C=O) groups is 4. The van der Waals surface area contributed by atoms with Gasteiger partial charge in [-0.15, -0.1) is 0 Å². The first kappa shape index (κ1) is 96.0. The number of esters is 4. The number of hydrogen-bond donors (Lipinski definition) is 3. The van der Waals surface area contributed by atoms with E-state index < -0.39 is 97.5 Å². The molecule has 17 nitrogen and oxygen atoms in total. The monoisotopic (exact) mass is 1450 g/mol. The Labute approximate surface area is 607 Å². The van der Waals surface area contributed by atoms with Gasteiger partial charge >= 0.3 is 39.5 Å². The van der Waals surface area contributed by atoms with Gasteiger partial charge in [0.25, 0.3) is 0 Å². The number of unbranched alkanes of at least 4 members (excludes halogenated alkanes) is 33. The van der Waals surface area contributed by atoms with E-state index in [1.54, 1.807) is 0 Å². The van der Waals surface area contributed by atoms with Gasteiger partial charge in [0.05, 0.1) is 26.4 Å². The van der Waals surface area contributed by atoms with E-state index in [9.17, 15) is 43.2 Å². The van der Waals surface area contributed by atoms with Crippen LogP contribution in [0.2, 0.25) is 0 Å². The highest BCUT2D eigenvalue weighted by Crippen LogP contribution is 2.45. The molecule has 2 unspecified atom stereocenters. The Bertz CT molecular complexity index is 2270. The minimum Gasteiger partial charge on any atom is -0.462 e. The number of phosphoric acid groups is 2. The minimum atomic E-state index is -4.99. The van der Waals surface area contributed by atoms with Crippen LogP contribution in [0, 0.1) is 0 Å². The molecule has 19 heteroatoms. The highest BCUT2D eigenvalue weighted by atomic mass is 31.2. The number of ether oxygens (including phenoxy) is 4. The first-order valence-corrected chi connectivity index (χ1v) is 42.5. The number of rotatable bonds is 74. The van der Waals surface area contributed by atoms with Gasteiger partial charge in [0.2, 0.25) is 0 Å². The van der Waals surface area contributed by atoms with Gasteiger partial charge < -0.3 is 33.8 Å². The third-order valence-electron chi connectivity index (χ3n) is 16.5. The van der Waals surface area contributed by atoms with E-state index in [4.69, 9.17) is 37.0 Å². The Morgan fingerprint density at radius 2 is 0.530 bits per heavy atom. The lowest BCUT2D eigenvalue weighted by atomic mass is 10.0. The predicted octanol–water partition coefficient (Wildman–Crippen LogP) is 22.8. The summed E-state index contributed by atoms with van der Waals surface area (Å²) in [6, 6.07) is 0. The molecule has 0 spiro atoms. The van der Waals surface area contributed by atoms with Gasteiger partial charge in [0.15, 0.2) is 12.2 Å². The van der Waals surface area contributed by atoms with Crippen LogP contribution >= 0.6 is 15.6 Å². The van der Waals surface area contributed by atoms with E-state index >= 15 is 0 Å². The fourth-order valence-corrected chi connectivity index (χ4v) is 12.0. The molecule has 0 heterocycles. The molecule has 0 aromatic carbocycles. The Morgan fingerprint density at radius 1 is 0.290 bits per heavy atom. The third kappa shape index (κ3) is 72.3. The van der Waals surface area contributed by atoms with Crippen molar-refractivity contribution in [3.63, 3.8) is 0 Å². The Kier molecular flexibility index (Phi) is 70.4. The average molecular weight is 1450 g/mol. The van der Waals surface area contributed by atoms with Crippen molar-refractivity contribution >= 4 is 39.5 Å². The molecule has 0 rings (SSSR count). The third-order valence-corrected chi connectivity index (χ3v) is 18.4. The van der Waals surface area contributed by atoms with Gasteiger partial charge in [0, 0.05) is 25.7 Å². The summed E-state index contributed by atoms with van der Waals surface area (Å²) in [6.45, 7) is 4.74. The van der Waals surface area contributed by atoms with Crippen LogP contribution in [0.4, 0.5) is 0 Å². The summed E-state index contributed by atoms with van der Waals surface area (Å²) in [5.41, 5.74) is 0. The van der Waals surface area contributed by atoms with Crippen LogP contribution in [0.25, 0.3) is 0 Å². The first-order valence-electron chi connectivity index (χ1n) is 39.5. The van der Waals surface area contributed by atoms with Gasteiger partial charge in [0.1, 0.15) is 19.3 Å². The van der Waals surface area contributed by atoms with Gasteiger partial charge in [-0.2, -0.15) is 0 Å². The zero-order chi connectivity index (χ0) is 73.2. The maximum Gasteiger partial charge on any atom is 0.472 e. The molecule has 0 radical (unpaired) electrons. The van der Waals surface area contributed by atoms with Crippen molar-refractivity contribution in [2.75, 3.05) is 39.6 Å². The molecule has 0 saturated carbocycles. The fraction of sp³-hybridized carbons (Fsp3) is 0.753. The van der Waals surface area contributed by atoms with Crippen molar-refractivity contribution in [2.45, 2.75) is 354 Å². The van der Waals surface area contributed by atoms with Crippen molar-refractivity contribution in [2.24, 2.45) is 0 Å². The van der Waals surface area contributed by atoms with Crippen molar-refractivity contribution in [1.29, 1.82) is 0 Å². The van der Waals surface area contributed by atoms with Crippen molar-refractivity contribution < 1.29 is 80.2 Å². The SMILES string of the molecule is CCCCC/C=C\C/C=C\C/C=C\C/C=C\CCCC(=O)OC[C@H](COP(=O)(O)OC[C@@H](O)COP(=O)(O)OC[C@@H](COC(=O)CCCCCCC/C=C\C=C/CCCCCC)OC(=O)CCCCCCCCCCCCCCC)OC(=O)CCCCCCC/C=C\C/C=C\CCCCC. The quantitative estimate of drug-likeness (QED) is 0.0128. The summed E-state index contributed by atoms with van der Waals surface area (Å²) in [5.74, 6) is -2.26. The van der Waals surface area contributed by atoms with E-state index in [-0.39, 0.29) is 25.7 Å². The first-order chi connectivity index (χ1) is 48.7. The number of aliphatic hydroxyl groups is 1. The average Bonchev–Trinajstić information content (AvgIpc) is 1.06. The van der Waals surface area contributed by atoms with E-state index in [2.05, 4.69) is 113 Å². The molecule has 0 aliphatic rings. The molecular formula is C81H142O17P2. The molecule has 0 saturated heterocycles. The molecule has 0 amide bonds. The molecule has 3 N–H and O–H groups in total. The second kappa shape index (κ2) is 73.3. The normalized spacial score (nSPS) is 14.4. The van der Waals surface area contributed by atoms with Crippen LogP contribution in [0.3, 0.4) is 0 Å². The van der Waals surface area contributed by atoms with Crippen molar-refractivity contribution in [3.8, 4) is 0 Å². The maximum atomic E-state index is 13.1. The van der Waals surface area contributed by atoms with Gasteiger partial charge in [-0.1, -0.05) is 285 Å². The standard InChI is InChI=1S/C81H142O17P2/c1-5-9-13-17-21-25-29-33-36-37-40-43-46-50-54-58-62-66-79(84)92-72-77(98-81(86)68-64-60-56-52-48-44-39-35-31-27-23-19-15-11-7-3)74-96-100(89,90)94-70-75(82)69-93-99(87,88)95-73-76(97-80(85)67-63-59-55-51-47-41-32-28-24-20-16-12-8-4)71-91-78(83)65-61-57-53-49-45-42-38-34-30-26-22-18-14-10-6-2/h21,23,25-27,30,33-36,38-40,43,50,54,75-77,82H,5-20,22,24,28-29,31-32,37,41-42,44-49,51-53,55-74H2,1-4H3,(H,87,88)(H,89,90)/b25-21-,27-23-,30-26-,36-33-,38-34-,39-35-,43-40-,54-50-/t75-,76+,77+/m0/s1. The van der Waals surface area contributed by atoms with Crippen LogP contribution < -0.4 is 0 Å². The number of hydrogen-bond acceptors (Lipinski definition) is 15. The molecule has 5 atom stereocenters. The van der Waals surface area contributed by atoms with Crippen molar-refractivity contribution in [3.05, 3.63) is 97.2 Å². The Hall–Kier alpha value is -4.02. The summed E-state index contributed by atoms with van der Waals surface area (Å²) in [7, 11) is -9.97. The summed E-state index contributed by atoms with van der Waals surface area (Å²) in [6.07, 6.45) is 76.8. The van der Waals surface area contributed by atoms with Crippen molar-refractivity contribution in [1.82, 2.24) is 0 Å². The predicted molar refractivity (Wildman–Crippen MR) is 409 cm³/mol. The van der Waals surface area contributed by atoms with E-state index in [0.717, 1.165) is 135 Å².